The van der Waals surface area contributed by atoms with Crippen LogP contribution in [-0.2, 0) is 9.47 Å². The highest BCUT2D eigenvalue weighted by atomic mass is 16.5. The van der Waals surface area contributed by atoms with Gasteiger partial charge in [-0.1, -0.05) is 0 Å². The first-order valence-electron chi connectivity index (χ1n) is 11.6. The van der Waals surface area contributed by atoms with Crippen molar-refractivity contribution < 1.29 is 19.7 Å². The Bertz CT molecular complexity index is 1210. The average molecular weight is 452 g/mol. The summed E-state index contributed by atoms with van der Waals surface area (Å²) in [7, 11) is 0. The van der Waals surface area contributed by atoms with Crippen LogP contribution < -0.4 is 4.90 Å². The SMILES string of the molecule is Cc1nc(N2C[C@@]3(CO)C[C@@H]2CO3)cc(-n2ncc3cc(C)c(C4CCOCC4O)cc32)n1. The van der Waals surface area contributed by atoms with E-state index >= 15 is 0 Å². The van der Waals surface area contributed by atoms with E-state index in [1.54, 1.807) is 0 Å². The molecule has 6 rings (SSSR count). The maximum atomic E-state index is 10.5. The third-order valence-electron chi connectivity index (χ3n) is 7.38. The predicted molar refractivity (Wildman–Crippen MR) is 122 cm³/mol. The van der Waals surface area contributed by atoms with Gasteiger partial charge in [-0.2, -0.15) is 5.10 Å². The van der Waals surface area contributed by atoms with E-state index in [9.17, 15) is 10.2 Å². The summed E-state index contributed by atoms with van der Waals surface area (Å²) in [5.41, 5.74) is 2.75. The van der Waals surface area contributed by atoms with E-state index in [1.807, 2.05) is 23.9 Å². The average Bonchev–Trinajstić information content (AvgIpc) is 3.52. The van der Waals surface area contributed by atoms with E-state index in [0.29, 0.717) is 38.0 Å². The largest absolute Gasteiger partial charge is 0.393 e. The summed E-state index contributed by atoms with van der Waals surface area (Å²) in [4.78, 5) is 11.6. The molecule has 33 heavy (non-hydrogen) atoms. The Hall–Kier alpha value is -2.59. The summed E-state index contributed by atoms with van der Waals surface area (Å²) >= 11 is 0. The fourth-order valence-corrected chi connectivity index (χ4v) is 5.66. The van der Waals surface area contributed by atoms with Gasteiger partial charge in [0.1, 0.15) is 17.2 Å². The molecule has 0 radical (unpaired) electrons. The van der Waals surface area contributed by atoms with Crippen LogP contribution in [0.2, 0.25) is 0 Å². The van der Waals surface area contributed by atoms with Gasteiger partial charge in [0.2, 0.25) is 0 Å². The number of hydrogen-bond donors (Lipinski definition) is 2. The third-order valence-corrected chi connectivity index (χ3v) is 7.38. The summed E-state index contributed by atoms with van der Waals surface area (Å²) in [6, 6.07) is 6.44. The van der Waals surface area contributed by atoms with Crippen LogP contribution in [0.5, 0.6) is 0 Å². The van der Waals surface area contributed by atoms with Crippen molar-refractivity contribution in [1.29, 1.82) is 0 Å². The molecular weight excluding hydrogens is 422 g/mol. The van der Waals surface area contributed by atoms with Gasteiger partial charge >= 0.3 is 0 Å². The first-order chi connectivity index (χ1) is 16.0. The molecule has 5 heterocycles. The van der Waals surface area contributed by atoms with Gasteiger partial charge in [-0.15, -0.1) is 0 Å². The Kier molecular flexibility index (Phi) is 4.91. The van der Waals surface area contributed by atoms with Gasteiger partial charge in [-0.25, -0.2) is 14.6 Å². The number of ether oxygens (including phenoxy) is 2. The summed E-state index contributed by atoms with van der Waals surface area (Å²) in [6.07, 6.45) is 2.95. The molecule has 2 N–H and O–H groups in total. The van der Waals surface area contributed by atoms with Crippen LogP contribution in [0, 0.1) is 13.8 Å². The standard InChI is InChI=1S/C24H29N5O4/c1-14-5-16-9-25-29(20(16)6-19(14)18-3-4-32-11-21(18)31)23-7-22(26-15(2)27-23)28-12-24(13-30)8-17(28)10-33-24/h5-7,9,17-18,21,30-31H,3-4,8,10-13H2,1-2H3/t17-,18?,21?,24-/m1/s1. The smallest absolute Gasteiger partial charge is 0.159 e. The number of rotatable bonds is 4. The molecule has 9 heteroatoms. The van der Waals surface area contributed by atoms with Crippen LogP contribution in [0.3, 0.4) is 0 Å². The quantitative estimate of drug-likeness (QED) is 0.617. The highest BCUT2D eigenvalue weighted by molar-refractivity contribution is 5.82. The van der Waals surface area contributed by atoms with E-state index < -0.39 is 11.7 Å². The highest BCUT2D eigenvalue weighted by Gasteiger charge is 2.51. The second-order valence-corrected chi connectivity index (χ2v) is 9.63. The first-order valence-corrected chi connectivity index (χ1v) is 11.6. The van der Waals surface area contributed by atoms with Crippen molar-refractivity contribution in [2.24, 2.45) is 0 Å². The van der Waals surface area contributed by atoms with Crippen molar-refractivity contribution in [3.63, 3.8) is 0 Å². The number of aryl methyl sites for hydroxylation is 2. The molecule has 1 aromatic carbocycles. The van der Waals surface area contributed by atoms with Crippen molar-refractivity contribution >= 4 is 16.7 Å². The van der Waals surface area contributed by atoms with Crippen molar-refractivity contribution in [3.05, 3.63) is 41.3 Å². The molecule has 0 saturated carbocycles. The molecule has 9 nitrogen and oxygen atoms in total. The number of aromatic nitrogens is 4. The molecule has 0 spiro atoms. The van der Waals surface area contributed by atoms with Crippen LogP contribution in [0.15, 0.2) is 24.4 Å². The van der Waals surface area contributed by atoms with Crippen LogP contribution in [-0.4, -0.2) is 80.7 Å². The Morgan fingerprint density at radius 3 is 2.79 bits per heavy atom. The van der Waals surface area contributed by atoms with Crippen LogP contribution >= 0.6 is 0 Å². The Balaban J connectivity index is 1.41. The summed E-state index contributed by atoms with van der Waals surface area (Å²) in [5, 5.41) is 26.1. The van der Waals surface area contributed by atoms with E-state index in [2.05, 4.69) is 34.0 Å². The van der Waals surface area contributed by atoms with Crippen LogP contribution in [0.25, 0.3) is 16.7 Å². The third kappa shape index (κ3) is 3.42. The molecule has 2 aromatic heterocycles. The van der Waals surface area contributed by atoms with Crippen LogP contribution in [0.1, 0.15) is 35.7 Å². The van der Waals surface area contributed by atoms with Gasteiger partial charge in [0.15, 0.2) is 5.82 Å². The monoisotopic (exact) mass is 451 g/mol. The minimum absolute atomic E-state index is 0.0148. The number of nitrogens with zero attached hydrogens (tertiary/aromatic N) is 5. The van der Waals surface area contributed by atoms with Gasteiger partial charge < -0.3 is 24.6 Å². The molecule has 2 bridgehead atoms. The number of aliphatic hydroxyl groups excluding tert-OH is 2. The van der Waals surface area contributed by atoms with E-state index in [1.165, 1.54) is 0 Å². The maximum Gasteiger partial charge on any atom is 0.159 e. The second kappa shape index (κ2) is 7.73. The lowest BCUT2D eigenvalue weighted by Gasteiger charge is -2.32. The molecule has 4 atom stereocenters. The molecule has 3 aromatic rings. The molecule has 0 aliphatic carbocycles. The van der Waals surface area contributed by atoms with Crippen molar-refractivity contribution in [2.75, 3.05) is 37.9 Å². The topological polar surface area (TPSA) is 106 Å². The zero-order valence-electron chi connectivity index (χ0n) is 18.9. The van der Waals surface area contributed by atoms with Crippen molar-refractivity contribution in [1.82, 2.24) is 19.7 Å². The summed E-state index contributed by atoms with van der Waals surface area (Å²) in [6.45, 7) is 6.23. The molecule has 3 fully saturated rings. The second-order valence-electron chi connectivity index (χ2n) is 9.63. The van der Waals surface area contributed by atoms with Crippen molar-refractivity contribution in [2.45, 2.75) is 50.4 Å². The molecule has 174 valence electrons. The van der Waals surface area contributed by atoms with E-state index in [-0.39, 0.29) is 18.6 Å². The maximum absolute atomic E-state index is 10.5. The molecule has 3 saturated heterocycles. The molecule has 3 aliphatic rings. The zero-order valence-corrected chi connectivity index (χ0v) is 18.9. The number of fused-ring (bicyclic) bond motifs is 3. The Morgan fingerprint density at radius 1 is 1.15 bits per heavy atom. The molecule has 0 amide bonds. The zero-order chi connectivity index (χ0) is 22.7. The lowest BCUT2D eigenvalue weighted by atomic mass is 9.86. The highest BCUT2D eigenvalue weighted by Crippen LogP contribution is 2.40. The number of anilines is 1. The predicted octanol–water partition coefficient (Wildman–Crippen LogP) is 1.64. The Labute approximate surface area is 192 Å². The van der Waals surface area contributed by atoms with Gasteiger partial charge in [0.05, 0.1) is 50.2 Å². The van der Waals surface area contributed by atoms with Gasteiger partial charge in [-0.05, 0) is 43.5 Å². The number of morpholine rings is 1. The van der Waals surface area contributed by atoms with Gasteiger partial charge in [-0.3, -0.25) is 0 Å². The number of hydrogen-bond acceptors (Lipinski definition) is 8. The molecule has 2 unspecified atom stereocenters. The normalized spacial score (nSPS) is 29.3. The number of aliphatic hydroxyl groups is 2. The fraction of sp³-hybridized carbons (Fsp3) is 0.542. The van der Waals surface area contributed by atoms with Crippen LogP contribution in [0.4, 0.5) is 5.82 Å². The summed E-state index contributed by atoms with van der Waals surface area (Å²) in [5.74, 6) is 2.25. The molecular formula is C24H29N5O4. The van der Waals surface area contributed by atoms with Gasteiger partial charge in [0.25, 0.3) is 0 Å². The minimum Gasteiger partial charge on any atom is -0.393 e. The molecule has 3 aliphatic heterocycles. The van der Waals surface area contributed by atoms with Gasteiger partial charge in [0, 0.05) is 30.4 Å². The first kappa shape index (κ1) is 21.0. The Morgan fingerprint density at radius 2 is 2.00 bits per heavy atom. The fourth-order valence-electron chi connectivity index (χ4n) is 5.66. The van der Waals surface area contributed by atoms with E-state index in [0.717, 1.165) is 40.7 Å². The van der Waals surface area contributed by atoms with Crippen molar-refractivity contribution in [3.8, 4) is 5.82 Å². The lowest BCUT2D eigenvalue weighted by molar-refractivity contribution is -0.0375. The summed E-state index contributed by atoms with van der Waals surface area (Å²) < 4.78 is 13.1. The minimum atomic E-state index is -0.508. The van der Waals surface area contributed by atoms with E-state index in [4.69, 9.17) is 14.5 Å². The number of benzene rings is 1. The lowest BCUT2D eigenvalue weighted by Crippen LogP contribution is -2.45.